The van der Waals surface area contributed by atoms with Crippen LogP contribution in [0, 0.1) is 13.8 Å². The molecule has 8 heteroatoms. The van der Waals surface area contributed by atoms with Crippen LogP contribution in [-0.4, -0.2) is 41.5 Å². The molecule has 1 amide bonds. The number of carbonyl (C=O) groups excluding carboxylic acids is 2. The Kier molecular flexibility index (Phi) is 8.07. The van der Waals surface area contributed by atoms with E-state index in [4.69, 9.17) is 14.2 Å². The van der Waals surface area contributed by atoms with Gasteiger partial charge in [-0.25, -0.2) is 9.48 Å². The molecule has 0 atom stereocenters. The molecule has 0 radical (unpaired) electrons. The van der Waals surface area contributed by atoms with Crippen molar-refractivity contribution in [3.63, 3.8) is 0 Å². The fraction of sp³-hybridized carbons (Fsp3) is 0.320. The maximum absolute atomic E-state index is 12.5. The number of hydrogen-bond donors (Lipinski definition) is 1. The number of benzene rings is 2. The lowest BCUT2D eigenvalue weighted by Gasteiger charge is -2.13. The lowest BCUT2D eigenvalue weighted by molar-refractivity contribution is -0.119. The Morgan fingerprint density at radius 3 is 2.45 bits per heavy atom. The first-order valence-electron chi connectivity index (χ1n) is 10.9. The zero-order valence-corrected chi connectivity index (χ0v) is 19.4. The Morgan fingerprint density at radius 1 is 1.00 bits per heavy atom. The SMILES string of the molecule is CCCOc1ccc(C(=O)OCC(=O)Nc2c(C)nn(-c3ccccc3)c2C)cc1OCC. The average Bonchev–Trinajstić information content (AvgIpc) is 3.10. The quantitative estimate of drug-likeness (QED) is 0.457. The van der Waals surface area contributed by atoms with Crippen LogP contribution in [-0.2, 0) is 9.53 Å². The van der Waals surface area contributed by atoms with E-state index < -0.39 is 18.5 Å². The number of nitrogens with one attached hydrogen (secondary N) is 1. The molecule has 0 bridgehead atoms. The van der Waals surface area contributed by atoms with Crippen molar-refractivity contribution >= 4 is 17.6 Å². The minimum absolute atomic E-state index is 0.277. The van der Waals surface area contributed by atoms with Gasteiger partial charge in [-0.2, -0.15) is 5.10 Å². The first kappa shape index (κ1) is 23.8. The Bertz CT molecular complexity index is 1110. The molecule has 33 heavy (non-hydrogen) atoms. The summed E-state index contributed by atoms with van der Waals surface area (Å²) in [5.74, 6) is -0.0459. The van der Waals surface area contributed by atoms with E-state index in [9.17, 15) is 9.59 Å². The number of para-hydroxylation sites is 1. The van der Waals surface area contributed by atoms with Gasteiger partial charge < -0.3 is 19.5 Å². The summed E-state index contributed by atoms with van der Waals surface area (Å²) >= 11 is 0. The zero-order valence-electron chi connectivity index (χ0n) is 19.4. The summed E-state index contributed by atoms with van der Waals surface area (Å²) in [7, 11) is 0. The normalized spacial score (nSPS) is 10.5. The smallest absolute Gasteiger partial charge is 0.338 e. The molecule has 2 aromatic carbocycles. The van der Waals surface area contributed by atoms with Crippen LogP contribution in [0.1, 0.15) is 42.0 Å². The lowest BCUT2D eigenvalue weighted by Crippen LogP contribution is -2.21. The van der Waals surface area contributed by atoms with E-state index in [1.807, 2.05) is 58.0 Å². The summed E-state index contributed by atoms with van der Waals surface area (Å²) < 4.78 is 18.2. The topological polar surface area (TPSA) is 91.7 Å². The predicted octanol–water partition coefficient (Wildman–Crippen LogP) is 4.47. The molecule has 0 aliphatic heterocycles. The van der Waals surface area contributed by atoms with Gasteiger partial charge in [0.2, 0.25) is 0 Å². The lowest BCUT2D eigenvalue weighted by atomic mass is 10.2. The zero-order chi connectivity index (χ0) is 23.8. The molecule has 1 N–H and O–H groups in total. The maximum Gasteiger partial charge on any atom is 0.338 e. The van der Waals surface area contributed by atoms with Crippen molar-refractivity contribution in [2.75, 3.05) is 25.1 Å². The van der Waals surface area contributed by atoms with Gasteiger partial charge in [0.1, 0.15) is 0 Å². The summed E-state index contributed by atoms with van der Waals surface area (Å²) in [5, 5.41) is 7.30. The van der Waals surface area contributed by atoms with Crippen molar-refractivity contribution in [2.45, 2.75) is 34.1 Å². The third-order valence-corrected chi connectivity index (χ3v) is 4.83. The van der Waals surface area contributed by atoms with Gasteiger partial charge in [0.25, 0.3) is 5.91 Å². The number of rotatable bonds is 10. The Hall–Kier alpha value is -3.81. The van der Waals surface area contributed by atoms with Crippen molar-refractivity contribution in [1.29, 1.82) is 0 Å². The third kappa shape index (κ3) is 5.91. The summed E-state index contributed by atoms with van der Waals surface area (Å²) in [6, 6.07) is 14.5. The molecule has 0 aliphatic rings. The molecule has 0 saturated carbocycles. The van der Waals surface area contributed by atoms with E-state index >= 15 is 0 Å². The minimum Gasteiger partial charge on any atom is -0.490 e. The second-order valence-corrected chi connectivity index (χ2v) is 7.36. The molecular formula is C25H29N3O5. The van der Waals surface area contributed by atoms with Gasteiger partial charge in [0.05, 0.1) is 41.5 Å². The Morgan fingerprint density at radius 2 is 1.76 bits per heavy atom. The molecule has 3 aromatic rings. The second kappa shape index (κ2) is 11.2. The van der Waals surface area contributed by atoms with Gasteiger partial charge in [-0.3, -0.25) is 4.79 Å². The van der Waals surface area contributed by atoms with E-state index in [2.05, 4.69) is 10.4 Å². The fourth-order valence-electron chi connectivity index (χ4n) is 3.27. The molecule has 8 nitrogen and oxygen atoms in total. The molecule has 1 aromatic heterocycles. The monoisotopic (exact) mass is 451 g/mol. The van der Waals surface area contributed by atoms with Crippen molar-refractivity contribution < 1.29 is 23.8 Å². The van der Waals surface area contributed by atoms with Crippen LogP contribution in [0.3, 0.4) is 0 Å². The van der Waals surface area contributed by atoms with E-state index in [-0.39, 0.29) is 5.56 Å². The number of hydrogen-bond acceptors (Lipinski definition) is 6. The highest BCUT2D eigenvalue weighted by Crippen LogP contribution is 2.29. The number of aryl methyl sites for hydroxylation is 1. The predicted molar refractivity (Wildman–Crippen MR) is 125 cm³/mol. The number of amides is 1. The van der Waals surface area contributed by atoms with Gasteiger partial charge in [-0.15, -0.1) is 0 Å². The molecule has 1 heterocycles. The van der Waals surface area contributed by atoms with Gasteiger partial charge >= 0.3 is 5.97 Å². The maximum atomic E-state index is 12.5. The van der Waals surface area contributed by atoms with Crippen molar-refractivity contribution in [3.8, 4) is 17.2 Å². The fourth-order valence-corrected chi connectivity index (χ4v) is 3.27. The van der Waals surface area contributed by atoms with Gasteiger partial charge in [0.15, 0.2) is 18.1 Å². The summed E-state index contributed by atoms with van der Waals surface area (Å²) in [4.78, 5) is 25.0. The van der Waals surface area contributed by atoms with Gasteiger partial charge in [-0.05, 0) is 57.5 Å². The summed E-state index contributed by atoms with van der Waals surface area (Å²) in [6.07, 6.45) is 0.855. The molecule has 0 aliphatic carbocycles. The first-order valence-corrected chi connectivity index (χ1v) is 10.9. The Labute approximate surface area is 193 Å². The van der Waals surface area contributed by atoms with E-state index in [0.717, 1.165) is 17.8 Å². The minimum atomic E-state index is -0.624. The van der Waals surface area contributed by atoms with Crippen molar-refractivity contribution in [2.24, 2.45) is 0 Å². The van der Waals surface area contributed by atoms with Crippen LogP contribution in [0.5, 0.6) is 11.5 Å². The van der Waals surface area contributed by atoms with Gasteiger partial charge in [0, 0.05) is 0 Å². The molecule has 0 spiro atoms. The first-order chi connectivity index (χ1) is 15.9. The number of carbonyl (C=O) groups is 2. The van der Waals surface area contributed by atoms with Gasteiger partial charge in [-0.1, -0.05) is 25.1 Å². The van der Waals surface area contributed by atoms with Crippen LogP contribution in [0.4, 0.5) is 5.69 Å². The third-order valence-electron chi connectivity index (χ3n) is 4.83. The number of esters is 1. The number of aromatic nitrogens is 2. The van der Waals surface area contributed by atoms with Crippen molar-refractivity contribution in [3.05, 3.63) is 65.5 Å². The van der Waals surface area contributed by atoms with Crippen LogP contribution >= 0.6 is 0 Å². The highest BCUT2D eigenvalue weighted by molar-refractivity contribution is 5.96. The molecule has 0 saturated heterocycles. The number of anilines is 1. The van der Waals surface area contributed by atoms with Crippen LogP contribution < -0.4 is 14.8 Å². The molecule has 3 rings (SSSR count). The highest BCUT2D eigenvalue weighted by atomic mass is 16.5. The average molecular weight is 452 g/mol. The van der Waals surface area contributed by atoms with E-state index in [1.54, 1.807) is 22.9 Å². The van der Waals surface area contributed by atoms with Crippen LogP contribution in [0.2, 0.25) is 0 Å². The highest BCUT2D eigenvalue weighted by Gasteiger charge is 2.18. The summed E-state index contributed by atoms with van der Waals surface area (Å²) in [6.45, 7) is 8.09. The standard InChI is InChI=1S/C25H29N3O5/c1-5-14-32-21-13-12-19(15-22(21)31-6-2)25(30)33-16-23(29)26-24-17(3)27-28(18(24)4)20-10-8-7-9-11-20/h7-13,15H,5-6,14,16H2,1-4H3,(H,26,29). The molecule has 0 unspecified atom stereocenters. The molecule has 174 valence electrons. The Balaban J connectivity index is 1.64. The molecular weight excluding hydrogens is 422 g/mol. The largest absolute Gasteiger partial charge is 0.490 e. The number of ether oxygens (including phenoxy) is 3. The number of nitrogens with zero attached hydrogens (tertiary/aromatic N) is 2. The summed E-state index contributed by atoms with van der Waals surface area (Å²) in [5.41, 5.74) is 3.21. The van der Waals surface area contributed by atoms with Crippen molar-refractivity contribution in [1.82, 2.24) is 9.78 Å². The molecule has 0 fully saturated rings. The van der Waals surface area contributed by atoms with E-state index in [1.165, 1.54) is 0 Å². The second-order valence-electron chi connectivity index (χ2n) is 7.36. The van der Waals surface area contributed by atoms with E-state index in [0.29, 0.717) is 36.1 Å². The van der Waals surface area contributed by atoms with Crippen LogP contribution in [0.15, 0.2) is 48.5 Å². The van der Waals surface area contributed by atoms with Crippen LogP contribution in [0.25, 0.3) is 5.69 Å².